The van der Waals surface area contributed by atoms with Crippen molar-refractivity contribution in [2.45, 2.75) is 22.0 Å². The Morgan fingerprint density at radius 2 is 1.83 bits per heavy atom. The number of para-hydroxylation sites is 1. The molecule has 2 aromatic rings. The fraction of sp³-hybridized carbons (Fsp3) is 0.188. The van der Waals surface area contributed by atoms with Gasteiger partial charge in [0.2, 0.25) is 0 Å². The Morgan fingerprint density at radius 1 is 1.17 bits per heavy atom. The van der Waals surface area contributed by atoms with E-state index in [1.807, 2.05) is 25.1 Å². The number of hydrogen-bond donors (Lipinski definition) is 1. The van der Waals surface area contributed by atoms with Gasteiger partial charge in [0.05, 0.1) is 16.1 Å². The molecule has 0 radical (unpaired) electrons. The predicted octanol–water partition coefficient (Wildman–Crippen LogP) is 3.07. The molecule has 0 saturated heterocycles. The molecule has 0 aliphatic carbocycles. The van der Waals surface area contributed by atoms with Gasteiger partial charge in [-0.05, 0) is 36.4 Å². The van der Waals surface area contributed by atoms with Gasteiger partial charge in [-0.25, -0.2) is 13.2 Å². The molecule has 1 heterocycles. The minimum Gasteiger partial charge on any atom is -0.478 e. The van der Waals surface area contributed by atoms with Crippen LogP contribution in [-0.4, -0.2) is 31.3 Å². The van der Waals surface area contributed by atoms with Crippen molar-refractivity contribution in [2.24, 2.45) is 0 Å². The summed E-state index contributed by atoms with van der Waals surface area (Å²) < 4.78 is 27.3. The highest BCUT2D eigenvalue weighted by atomic mass is 32.2. The summed E-state index contributed by atoms with van der Waals surface area (Å²) in [4.78, 5) is 11.9. The first kappa shape index (κ1) is 15.9. The minimum atomic E-state index is -3.72. The number of sulfonamides is 1. The highest BCUT2D eigenvalue weighted by Crippen LogP contribution is 2.40. The zero-order chi connectivity index (χ0) is 16.6. The second-order valence-corrected chi connectivity index (χ2v) is 8.60. The third-order valence-corrected chi connectivity index (χ3v) is 6.52. The Kier molecular flexibility index (Phi) is 4.08. The van der Waals surface area contributed by atoms with Crippen molar-refractivity contribution in [1.82, 2.24) is 0 Å². The number of carboxylic acids is 1. The standard InChI is InChI=1S/C16H15NO4S2/c1-11-10-17(14-4-2-3-5-15(14)22-11)23(20,21)13-8-6-12(7-9-13)16(18)19/h2-9,11H,10H2,1H3,(H,18,19). The third kappa shape index (κ3) is 2.94. The van der Waals surface area contributed by atoms with Crippen LogP contribution >= 0.6 is 11.8 Å². The van der Waals surface area contributed by atoms with Crippen molar-refractivity contribution >= 4 is 33.4 Å². The summed E-state index contributed by atoms with van der Waals surface area (Å²) in [5.41, 5.74) is 0.727. The number of benzene rings is 2. The lowest BCUT2D eigenvalue weighted by molar-refractivity contribution is 0.0696. The summed E-state index contributed by atoms with van der Waals surface area (Å²) in [5.74, 6) is -1.08. The number of thioether (sulfide) groups is 1. The number of aromatic carboxylic acids is 1. The van der Waals surface area contributed by atoms with Crippen molar-refractivity contribution in [2.75, 3.05) is 10.8 Å². The first-order valence-corrected chi connectivity index (χ1v) is 9.33. The zero-order valence-corrected chi connectivity index (χ0v) is 14.0. The van der Waals surface area contributed by atoms with Gasteiger partial charge in [0.25, 0.3) is 10.0 Å². The lowest BCUT2D eigenvalue weighted by Crippen LogP contribution is -2.38. The summed E-state index contributed by atoms with van der Waals surface area (Å²) >= 11 is 1.65. The Morgan fingerprint density at radius 3 is 2.48 bits per heavy atom. The molecule has 0 spiro atoms. The van der Waals surface area contributed by atoms with E-state index in [1.54, 1.807) is 17.8 Å². The lowest BCUT2D eigenvalue weighted by Gasteiger charge is -2.33. The molecule has 1 unspecified atom stereocenters. The molecule has 1 aliphatic rings. The molecule has 120 valence electrons. The Balaban J connectivity index is 2.04. The van der Waals surface area contributed by atoms with Crippen LogP contribution in [0.4, 0.5) is 5.69 Å². The summed E-state index contributed by atoms with van der Waals surface area (Å²) in [6, 6.07) is 12.7. The molecule has 7 heteroatoms. The monoisotopic (exact) mass is 349 g/mol. The van der Waals surface area contributed by atoms with E-state index in [4.69, 9.17) is 5.11 Å². The third-order valence-electron chi connectivity index (χ3n) is 3.57. The first-order chi connectivity index (χ1) is 10.9. The summed E-state index contributed by atoms with van der Waals surface area (Å²) in [6.07, 6.45) is 0. The van der Waals surface area contributed by atoms with Gasteiger partial charge in [-0.2, -0.15) is 0 Å². The van der Waals surface area contributed by atoms with Crippen LogP contribution in [0.1, 0.15) is 17.3 Å². The molecule has 0 bridgehead atoms. The topological polar surface area (TPSA) is 74.7 Å². The lowest BCUT2D eigenvalue weighted by atomic mass is 10.2. The predicted molar refractivity (Wildman–Crippen MR) is 89.7 cm³/mol. The molecular formula is C16H15NO4S2. The second-order valence-electron chi connectivity index (χ2n) is 5.26. The van der Waals surface area contributed by atoms with E-state index in [2.05, 4.69) is 0 Å². The Labute approximate surface area is 139 Å². The summed E-state index contributed by atoms with van der Waals surface area (Å²) in [6.45, 7) is 2.36. The van der Waals surface area contributed by atoms with Crippen LogP contribution in [0.3, 0.4) is 0 Å². The fourth-order valence-corrected chi connectivity index (χ4v) is 5.31. The van der Waals surface area contributed by atoms with Gasteiger partial charge in [0.15, 0.2) is 0 Å². The van der Waals surface area contributed by atoms with Gasteiger partial charge in [0, 0.05) is 16.7 Å². The number of hydrogen-bond acceptors (Lipinski definition) is 4. The van der Waals surface area contributed by atoms with E-state index in [0.29, 0.717) is 12.2 Å². The smallest absolute Gasteiger partial charge is 0.335 e. The van der Waals surface area contributed by atoms with E-state index >= 15 is 0 Å². The van der Waals surface area contributed by atoms with Crippen LogP contribution in [-0.2, 0) is 10.0 Å². The average molecular weight is 349 g/mol. The van der Waals surface area contributed by atoms with Crippen LogP contribution in [0.5, 0.6) is 0 Å². The SMILES string of the molecule is CC1CN(S(=O)(=O)c2ccc(C(=O)O)cc2)c2ccccc2S1. The minimum absolute atomic E-state index is 0.0620. The average Bonchev–Trinajstić information content (AvgIpc) is 2.54. The van der Waals surface area contributed by atoms with Gasteiger partial charge < -0.3 is 5.11 Å². The van der Waals surface area contributed by atoms with E-state index in [9.17, 15) is 13.2 Å². The molecule has 1 atom stereocenters. The number of carbonyl (C=O) groups is 1. The van der Waals surface area contributed by atoms with E-state index in [-0.39, 0.29) is 15.7 Å². The first-order valence-electron chi connectivity index (χ1n) is 7.01. The van der Waals surface area contributed by atoms with Crippen LogP contribution < -0.4 is 4.31 Å². The van der Waals surface area contributed by atoms with Crippen LogP contribution in [0, 0.1) is 0 Å². The largest absolute Gasteiger partial charge is 0.478 e. The molecule has 0 aromatic heterocycles. The van der Waals surface area contributed by atoms with Crippen molar-refractivity contribution < 1.29 is 18.3 Å². The molecule has 0 saturated carbocycles. The molecule has 23 heavy (non-hydrogen) atoms. The Hall–Kier alpha value is -1.99. The maximum atomic E-state index is 12.9. The van der Waals surface area contributed by atoms with Gasteiger partial charge in [0.1, 0.15) is 0 Å². The maximum absolute atomic E-state index is 12.9. The molecule has 1 N–H and O–H groups in total. The van der Waals surface area contributed by atoms with Gasteiger partial charge in [-0.15, -0.1) is 11.8 Å². The molecule has 2 aromatic carbocycles. The molecule has 5 nitrogen and oxygen atoms in total. The quantitative estimate of drug-likeness (QED) is 0.922. The maximum Gasteiger partial charge on any atom is 0.335 e. The van der Waals surface area contributed by atoms with Crippen LogP contribution in [0.2, 0.25) is 0 Å². The van der Waals surface area contributed by atoms with Crippen molar-refractivity contribution in [3.63, 3.8) is 0 Å². The Bertz CT molecular complexity index is 847. The molecule has 3 rings (SSSR count). The number of anilines is 1. The second kappa shape index (κ2) is 5.90. The summed E-state index contributed by atoms with van der Waals surface area (Å²) in [7, 11) is -3.72. The van der Waals surface area contributed by atoms with Gasteiger partial charge in [-0.3, -0.25) is 4.31 Å². The van der Waals surface area contributed by atoms with Gasteiger partial charge in [-0.1, -0.05) is 19.1 Å². The van der Waals surface area contributed by atoms with Crippen molar-refractivity contribution in [3.8, 4) is 0 Å². The highest BCUT2D eigenvalue weighted by molar-refractivity contribution is 8.00. The zero-order valence-electron chi connectivity index (χ0n) is 12.3. The molecular weight excluding hydrogens is 334 g/mol. The normalized spacial score (nSPS) is 17.6. The fourth-order valence-electron chi connectivity index (χ4n) is 2.47. The van der Waals surface area contributed by atoms with E-state index < -0.39 is 16.0 Å². The number of fused-ring (bicyclic) bond motifs is 1. The number of carboxylic acid groups (broad SMARTS) is 1. The van der Waals surface area contributed by atoms with Crippen LogP contribution in [0.15, 0.2) is 58.3 Å². The van der Waals surface area contributed by atoms with Crippen molar-refractivity contribution in [3.05, 3.63) is 54.1 Å². The van der Waals surface area contributed by atoms with Crippen molar-refractivity contribution in [1.29, 1.82) is 0 Å². The molecule has 1 aliphatic heterocycles. The van der Waals surface area contributed by atoms with E-state index in [1.165, 1.54) is 28.6 Å². The van der Waals surface area contributed by atoms with Gasteiger partial charge >= 0.3 is 5.97 Å². The highest BCUT2D eigenvalue weighted by Gasteiger charge is 2.32. The summed E-state index contributed by atoms with van der Waals surface area (Å²) in [5, 5.41) is 9.07. The van der Waals surface area contributed by atoms with Crippen LogP contribution in [0.25, 0.3) is 0 Å². The number of rotatable bonds is 3. The molecule has 0 amide bonds. The van der Waals surface area contributed by atoms with E-state index in [0.717, 1.165) is 4.90 Å². The molecule has 0 fully saturated rings. The number of nitrogens with zero attached hydrogens (tertiary/aromatic N) is 1.